The summed E-state index contributed by atoms with van der Waals surface area (Å²) < 4.78 is 0. The van der Waals surface area contributed by atoms with Crippen LogP contribution >= 0.6 is 0 Å². The third-order valence-electron chi connectivity index (χ3n) is 4.75. The number of nitrogen functional groups attached to an aromatic ring is 1. The van der Waals surface area contributed by atoms with Crippen LogP contribution in [-0.4, -0.2) is 40.2 Å². The van der Waals surface area contributed by atoms with Gasteiger partial charge in [-0.15, -0.1) is 10.2 Å². The molecule has 0 bridgehead atoms. The number of aliphatic carboxylic acids is 1. The maximum Gasteiger partial charge on any atom is 0.303 e. The van der Waals surface area contributed by atoms with Crippen LogP contribution in [0.15, 0.2) is 36.4 Å². The topological polar surface area (TPSA) is 116 Å². The zero-order chi connectivity index (χ0) is 18.5. The number of hydrogen-bond acceptors (Lipinski definition) is 5. The standard InChI is InChI=1S/C19H23N5O2/c20-19(21)15-6-4-14(5-7-15)16-8-9-17(23-22-16)24-11-1-2-13(12-24)3-10-18(25)26/h4-9,13H,1-3,10-12H2,(H3,20,21)(H,25,26). The minimum absolute atomic E-state index is 0.0422. The van der Waals surface area contributed by atoms with Gasteiger partial charge in [-0.1, -0.05) is 24.3 Å². The molecule has 0 amide bonds. The Labute approximate surface area is 152 Å². The molecule has 1 aliphatic rings. The van der Waals surface area contributed by atoms with Gasteiger partial charge in [-0.05, 0) is 37.3 Å². The van der Waals surface area contributed by atoms with Crippen molar-refractivity contribution in [1.29, 1.82) is 5.41 Å². The van der Waals surface area contributed by atoms with Crippen LogP contribution in [0, 0.1) is 11.3 Å². The second kappa shape index (κ2) is 7.95. The first-order valence-corrected chi connectivity index (χ1v) is 8.78. The number of rotatable bonds is 6. The number of hydrogen-bond donors (Lipinski definition) is 3. The summed E-state index contributed by atoms with van der Waals surface area (Å²) in [5.74, 6) is 0.525. The second-order valence-corrected chi connectivity index (χ2v) is 6.65. The van der Waals surface area contributed by atoms with E-state index in [1.807, 2.05) is 24.3 Å². The molecule has 1 saturated heterocycles. The van der Waals surface area contributed by atoms with Gasteiger partial charge < -0.3 is 15.7 Å². The van der Waals surface area contributed by atoms with Gasteiger partial charge in [0, 0.05) is 30.6 Å². The summed E-state index contributed by atoms with van der Waals surface area (Å²) in [6.07, 6.45) is 3.04. The van der Waals surface area contributed by atoms with Crippen molar-refractivity contribution in [3.63, 3.8) is 0 Å². The Balaban J connectivity index is 1.67. The number of benzene rings is 1. The highest BCUT2D eigenvalue weighted by atomic mass is 16.4. The molecule has 1 aromatic carbocycles. The number of anilines is 1. The number of amidine groups is 1. The normalized spacial score (nSPS) is 17.1. The number of nitrogens with one attached hydrogen (secondary N) is 1. The summed E-state index contributed by atoms with van der Waals surface area (Å²) in [5, 5.41) is 25.0. The number of nitrogens with zero attached hydrogens (tertiary/aromatic N) is 3. The number of nitrogens with two attached hydrogens (primary N) is 1. The van der Waals surface area contributed by atoms with Crippen LogP contribution in [0.3, 0.4) is 0 Å². The molecule has 136 valence electrons. The van der Waals surface area contributed by atoms with Crippen molar-refractivity contribution < 1.29 is 9.90 Å². The van der Waals surface area contributed by atoms with Crippen LogP contribution in [0.2, 0.25) is 0 Å². The summed E-state index contributed by atoms with van der Waals surface area (Å²) in [6.45, 7) is 1.75. The molecular formula is C19H23N5O2. The van der Waals surface area contributed by atoms with Gasteiger partial charge in [0.15, 0.2) is 5.82 Å². The summed E-state index contributed by atoms with van der Waals surface area (Å²) in [6, 6.07) is 11.2. The maximum atomic E-state index is 10.8. The number of aromatic nitrogens is 2. The lowest BCUT2D eigenvalue weighted by Crippen LogP contribution is -2.36. The third kappa shape index (κ3) is 4.36. The van der Waals surface area contributed by atoms with Crippen molar-refractivity contribution in [3.05, 3.63) is 42.0 Å². The number of carboxylic acids is 1. The average molecular weight is 353 g/mol. The van der Waals surface area contributed by atoms with Crippen LogP contribution in [0.1, 0.15) is 31.2 Å². The highest BCUT2D eigenvalue weighted by molar-refractivity contribution is 5.95. The molecule has 0 spiro atoms. The van der Waals surface area contributed by atoms with Crippen LogP contribution in [0.4, 0.5) is 5.82 Å². The van der Waals surface area contributed by atoms with E-state index in [1.54, 1.807) is 12.1 Å². The van der Waals surface area contributed by atoms with Crippen LogP contribution in [0.25, 0.3) is 11.3 Å². The Kier molecular flexibility index (Phi) is 5.46. The van der Waals surface area contributed by atoms with Gasteiger partial charge in [0.25, 0.3) is 0 Å². The van der Waals surface area contributed by atoms with E-state index in [0.717, 1.165) is 43.0 Å². The molecule has 4 N–H and O–H groups in total. The predicted octanol–water partition coefficient (Wildman–Crippen LogP) is 2.51. The van der Waals surface area contributed by atoms with Crippen molar-refractivity contribution in [3.8, 4) is 11.3 Å². The van der Waals surface area contributed by atoms with E-state index in [1.165, 1.54) is 0 Å². The molecule has 3 rings (SSSR count). The molecule has 2 heterocycles. The van der Waals surface area contributed by atoms with Gasteiger partial charge >= 0.3 is 5.97 Å². The van der Waals surface area contributed by atoms with Gasteiger partial charge in [-0.3, -0.25) is 10.2 Å². The quantitative estimate of drug-likeness (QED) is 0.543. The van der Waals surface area contributed by atoms with Crippen molar-refractivity contribution in [2.45, 2.75) is 25.7 Å². The molecule has 0 radical (unpaired) electrons. The van der Waals surface area contributed by atoms with E-state index < -0.39 is 5.97 Å². The van der Waals surface area contributed by atoms with E-state index in [9.17, 15) is 4.79 Å². The third-order valence-corrected chi connectivity index (χ3v) is 4.75. The molecule has 0 saturated carbocycles. The van der Waals surface area contributed by atoms with E-state index in [0.29, 0.717) is 17.9 Å². The fourth-order valence-electron chi connectivity index (χ4n) is 3.30. The molecule has 1 unspecified atom stereocenters. The van der Waals surface area contributed by atoms with E-state index in [2.05, 4.69) is 15.1 Å². The maximum absolute atomic E-state index is 10.8. The Morgan fingerprint density at radius 2 is 2.00 bits per heavy atom. The highest BCUT2D eigenvalue weighted by Gasteiger charge is 2.21. The van der Waals surface area contributed by atoms with Gasteiger partial charge in [-0.25, -0.2) is 0 Å². The summed E-state index contributed by atoms with van der Waals surface area (Å²) in [5.41, 5.74) is 7.84. The van der Waals surface area contributed by atoms with Crippen molar-refractivity contribution in [2.75, 3.05) is 18.0 Å². The molecule has 1 fully saturated rings. The van der Waals surface area contributed by atoms with E-state index in [-0.39, 0.29) is 12.3 Å². The number of piperidine rings is 1. The first-order valence-electron chi connectivity index (χ1n) is 8.78. The highest BCUT2D eigenvalue weighted by Crippen LogP contribution is 2.25. The van der Waals surface area contributed by atoms with Crippen LogP contribution in [0.5, 0.6) is 0 Å². The number of carboxylic acid groups (broad SMARTS) is 1. The Morgan fingerprint density at radius 1 is 1.23 bits per heavy atom. The Hall–Kier alpha value is -2.96. The van der Waals surface area contributed by atoms with Crippen molar-refractivity contribution >= 4 is 17.6 Å². The molecule has 7 heteroatoms. The monoisotopic (exact) mass is 353 g/mol. The average Bonchev–Trinajstić information content (AvgIpc) is 2.67. The minimum Gasteiger partial charge on any atom is -0.481 e. The van der Waals surface area contributed by atoms with E-state index >= 15 is 0 Å². The van der Waals surface area contributed by atoms with Gasteiger partial charge in [-0.2, -0.15) is 0 Å². The second-order valence-electron chi connectivity index (χ2n) is 6.65. The fourth-order valence-corrected chi connectivity index (χ4v) is 3.30. The summed E-state index contributed by atoms with van der Waals surface area (Å²) in [4.78, 5) is 13.0. The van der Waals surface area contributed by atoms with Crippen LogP contribution in [-0.2, 0) is 4.79 Å². The largest absolute Gasteiger partial charge is 0.481 e. The first kappa shape index (κ1) is 17.8. The Bertz CT molecular complexity index is 774. The zero-order valence-corrected chi connectivity index (χ0v) is 14.6. The van der Waals surface area contributed by atoms with Gasteiger partial charge in [0.1, 0.15) is 5.84 Å². The molecule has 1 aliphatic heterocycles. The van der Waals surface area contributed by atoms with Gasteiger partial charge in [0.05, 0.1) is 5.69 Å². The first-order chi connectivity index (χ1) is 12.5. The molecule has 26 heavy (non-hydrogen) atoms. The fraction of sp³-hybridized carbons (Fsp3) is 0.368. The molecule has 7 nitrogen and oxygen atoms in total. The van der Waals surface area contributed by atoms with Gasteiger partial charge in [0.2, 0.25) is 0 Å². The minimum atomic E-state index is -0.734. The SMILES string of the molecule is N=C(N)c1ccc(-c2ccc(N3CCCC(CCC(=O)O)C3)nn2)cc1. The van der Waals surface area contributed by atoms with Crippen molar-refractivity contribution in [2.24, 2.45) is 11.7 Å². The smallest absolute Gasteiger partial charge is 0.303 e. The lowest BCUT2D eigenvalue weighted by molar-refractivity contribution is -0.137. The van der Waals surface area contributed by atoms with E-state index in [4.69, 9.17) is 16.2 Å². The van der Waals surface area contributed by atoms with Crippen molar-refractivity contribution in [1.82, 2.24) is 10.2 Å². The predicted molar refractivity (Wildman–Crippen MR) is 100 cm³/mol. The summed E-state index contributed by atoms with van der Waals surface area (Å²) in [7, 11) is 0. The molecule has 1 aromatic heterocycles. The summed E-state index contributed by atoms with van der Waals surface area (Å²) >= 11 is 0. The lowest BCUT2D eigenvalue weighted by atomic mass is 9.93. The van der Waals surface area contributed by atoms with Crippen LogP contribution < -0.4 is 10.6 Å². The Morgan fingerprint density at radius 3 is 2.62 bits per heavy atom. The molecule has 1 atom stereocenters. The molecule has 2 aromatic rings. The zero-order valence-electron chi connectivity index (χ0n) is 14.6. The lowest BCUT2D eigenvalue weighted by Gasteiger charge is -2.33. The number of carbonyl (C=O) groups is 1. The molecule has 0 aliphatic carbocycles. The molecular weight excluding hydrogens is 330 g/mol.